The minimum Gasteiger partial charge on any atom is -0.486 e. The zero-order valence-corrected chi connectivity index (χ0v) is 12.2. The number of fused-ring (bicyclic) bond motifs is 1. The summed E-state index contributed by atoms with van der Waals surface area (Å²) in [5, 5.41) is 3.54. The summed E-state index contributed by atoms with van der Waals surface area (Å²) in [6, 6.07) is 6.79. The van der Waals surface area contributed by atoms with Gasteiger partial charge in [0.15, 0.2) is 0 Å². The van der Waals surface area contributed by atoms with E-state index in [0.717, 1.165) is 18.7 Å². The van der Waals surface area contributed by atoms with E-state index >= 15 is 0 Å². The first-order valence-corrected chi connectivity index (χ1v) is 6.82. The molecule has 1 aliphatic heterocycles. The van der Waals surface area contributed by atoms with Crippen molar-refractivity contribution in [1.29, 1.82) is 0 Å². The van der Waals surface area contributed by atoms with Crippen molar-refractivity contribution in [3.8, 4) is 5.75 Å². The van der Waals surface area contributed by atoms with Gasteiger partial charge in [0.05, 0.1) is 3.57 Å². The summed E-state index contributed by atoms with van der Waals surface area (Å²) in [4.78, 5) is 0. The third-order valence-corrected chi connectivity index (χ3v) is 3.75. The normalized spacial score (nSPS) is 22.4. The summed E-state index contributed by atoms with van der Waals surface area (Å²) in [5.41, 5.74) is 1.22. The number of benzene rings is 1. The van der Waals surface area contributed by atoms with Gasteiger partial charge in [0.25, 0.3) is 0 Å². The van der Waals surface area contributed by atoms with E-state index in [1.54, 1.807) is 0 Å². The van der Waals surface area contributed by atoms with Crippen LogP contribution in [0.5, 0.6) is 5.75 Å². The number of para-hydroxylation sites is 1. The van der Waals surface area contributed by atoms with Crippen LogP contribution in [0.4, 0.5) is 0 Å². The van der Waals surface area contributed by atoms with Gasteiger partial charge in [-0.1, -0.05) is 19.1 Å². The molecule has 0 saturated carbocycles. The molecule has 3 heteroatoms. The maximum absolute atomic E-state index is 6.08. The van der Waals surface area contributed by atoms with Gasteiger partial charge in [-0.3, -0.25) is 0 Å². The Morgan fingerprint density at radius 3 is 2.94 bits per heavy atom. The van der Waals surface area contributed by atoms with Crippen LogP contribution < -0.4 is 10.1 Å². The predicted molar refractivity (Wildman–Crippen MR) is 74.9 cm³/mol. The second kappa shape index (κ2) is 4.53. The zero-order valence-electron chi connectivity index (χ0n) is 10.0. The molecule has 1 aliphatic rings. The topological polar surface area (TPSA) is 21.3 Å². The van der Waals surface area contributed by atoms with E-state index in [1.165, 1.54) is 9.13 Å². The number of ether oxygens (including phenoxy) is 1. The number of hydrogen-bond donors (Lipinski definition) is 1. The highest BCUT2D eigenvalue weighted by Crippen LogP contribution is 2.41. The van der Waals surface area contributed by atoms with Gasteiger partial charge in [0.1, 0.15) is 11.4 Å². The Morgan fingerprint density at radius 2 is 2.25 bits per heavy atom. The fourth-order valence-corrected chi connectivity index (χ4v) is 2.88. The summed E-state index contributed by atoms with van der Waals surface area (Å²) in [5.74, 6) is 1.06. The number of hydrogen-bond acceptors (Lipinski definition) is 2. The van der Waals surface area contributed by atoms with Gasteiger partial charge in [0, 0.05) is 18.0 Å². The Hall–Kier alpha value is -0.290. The quantitative estimate of drug-likeness (QED) is 0.838. The highest BCUT2D eigenvalue weighted by molar-refractivity contribution is 14.1. The monoisotopic (exact) mass is 331 g/mol. The second-order valence-electron chi connectivity index (χ2n) is 4.83. The molecule has 88 valence electrons. The third kappa shape index (κ3) is 2.35. The van der Waals surface area contributed by atoms with Crippen LogP contribution in [0, 0.1) is 3.57 Å². The van der Waals surface area contributed by atoms with Gasteiger partial charge < -0.3 is 10.1 Å². The van der Waals surface area contributed by atoms with Gasteiger partial charge in [-0.25, -0.2) is 0 Å². The Morgan fingerprint density at radius 1 is 1.50 bits per heavy atom. The summed E-state index contributed by atoms with van der Waals surface area (Å²) in [6.45, 7) is 7.45. The van der Waals surface area contributed by atoms with Crippen LogP contribution in [-0.2, 0) is 0 Å². The lowest BCUT2D eigenvalue weighted by molar-refractivity contribution is 0.0653. The van der Waals surface area contributed by atoms with Crippen LogP contribution in [0.3, 0.4) is 0 Å². The molecule has 0 radical (unpaired) electrons. The van der Waals surface area contributed by atoms with Crippen molar-refractivity contribution in [3.05, 3.63) is 27.3 Å². The predicted octanol–water partition coefficient (Wildman–Crippen LogP) is 3.50. The maximum atomic E-state index is 6.08. The van der Waals surface area contributed by atoms with Crippen LogP contribution in [0.1, 0.15) is 38.8 Å². The molecule has 1 unspecified atom stereocenters. The van der Waals surface area contributed by atoms with Crippen molar-refractivity contribution < 1.29 is 4.74 Å². The molecule has 16 heavy (non-hydrogen) atoms. The molecule has 0 spiro atoms. The number of halogens is 1. The van der Waals surface area contributed by atoms with Crippen LogP contribution >= 0.6 is 22.6 Å². The lowest BCUT2D eigenvalue weighted by Crippen LogP contribution is -2.39. The molecule has 0 aliphatic carbocycles. The van der Waals surface area contributed by atoms with E-state index in [1.807, 2.05) is 0 Å². The van der Waals surface area contributed by atoms with Gasteiger partial charge in [0.2, 0.25) is 0 Å². The number of nitrogens with one attached hydrogen (secondary N) is 1. The van der Waals surface area contributed by atoms with E-state index in [0.29, 0.717) is 6.04 Å². The van der Waals surface area contributed by atoms with Crippen molar-refractivity contribution in [2.45, 2.75) is 38.8 Å². The molecule has 0 aromatic heterocycles. The summed E-state index contributed by atoms with van der Waals surface area (Å²) >= 11 is 2.35. The first kappa shape index (κ1) is 12.2. The van der Waals surface area contributed by atoms with Crippen LogP contribution in [-0.4, -0.2) is 12.1 Å². The fourth-order valence-electron chi connectivity index (χ4n) is 2.26. The molecule has 1 aromatic rings. The Kier molecular flexibility index (Phi) is 3.45. The Balaban J connectivity index is 2.42. The molecule has 1 heterocycles. The fraction of sp³-hybridized carbons (Fsp3) is 0.538. The minimum atomic E-state index is -0.0822. The lowest BCUT2D eigenvalue weighted by atomic mass is 9.90. The van der Waals surface area contributed by atoms with Crippen LogP contribution in [0.25, 0.3) is 0 Å². The molecule has 0 amide bonds. The molecule has 0 fully saturated rings. The van der Waals surface area contributed by atoms with Gasteiger partial charge in [-0.05, 0) is 49.0 Å². The Labute approximate surface area is 111 Å². The van der Waals surface area contributed by atoms with Crippen LogP contribution in [0.15, 0.2) is 18.2 Å². The smallest absolute Gasteiger partial charge is 0.138 e. The van der Waals surface area contributed by atoms with Crippen molar-refractivity contribution in [3.63, 3.8) is 0 Å². The highest BCUT2D eigenvalue weighted by Gasteiger charge is 2.34. The first-order valence-electron chi connectivity index (χ1n) is 5.74. The van der Waals surface area contributed by atoms with E-state index in [4.69, 9.17) is 4.74 Å². The SMILES string of the molecule is CCNC1CC(C)(C)Oc2c(I)cccc21. The van der Waals surface area contributed by atoms with E-state index in [9.17, 15) is 0 Å². The van der Waals surface area contributed by atoms with Gasteiger partial charge >= 0.3 is 0 Å². The number of rotatable bonds is 2. The molecule has 1 N–H and O–H groups in total. The molecule has 2 nitrogen and oxygen atoms in total. The molecule has 0 bridgehead atoms. The van der Waals surface area contributed by atoms with E-state index in [-0.39, 0.29) is 5.60 Å². The average molecular weight is 331 g/mol. The summed E-state index contributed by atoms with van der Waals surface area (Å²) in [6.07, 6.45) is 1.02. The molecule has 0 saturated heterocycles. The second-order valence-corrected chi connectivity index (χ2v) is 6.00. The Bertz CT molecular complexity index is 390. The molecule has 1 aromatic carbocycles. The van der Waals surface area contributed by atoms with Crippen molar-refractivity contribution in [2.75, 3.05) is 6.54 Å². The lowest BCUT2D eigenvalue weighted by Gasteiger charge is -2.38. The average Bonchev–Trinajstić information content (AvgIpc) is 2.19. The molecular formula is C13H18INO. The van der Waals surface area contributed by atoms with E-state index < -0.39 is 0 Å². The summed E-state index contributed by atoms with van der Waals surface area (Å²) in [7, 11) is 0. The first-order chi connectivity index (χ1) is 7.53. The summed E-state index contributed by atoms with van der Waals surface area (Å²) < 4.78 is 7.28. The van der Waals surface area contributed by atoms with Crippen LogP contribution in [0.2, 0.25) is 0 Å². The highest BCUT2D eigenvalue weighted by atomic mass is 127. The van der Waals surface area contributed by atoms with Crippen molar-refractivity contribution in [1.82, 2.24) is 5.32 Å². The van der Waals surface area contributed by atoms with Crippen molar-refractivity contribution in [2.24, 2.45) is 0 Å². The molecular weight excluding hydrogens is 313 g/mol. The third-order valence-electron chi connectivity index (χ3n) is 2.90. The van der Waals surface area contributed by atoms with E-state index in [2.05, 4.69) is 66.9 Å². The molecule has 1 atom stereocenters. The van der Waals surface area contributed by atoms with Gasteiger partial charge in [-0.15, -0.1) is 0 Å². The zero-order chi connectivity index (χ0) is 11.8. The van der Waals surface area contributed by atoms with Gasteiger partial charge in [-0.2, -0.15) is 0 Å². The van der Waals surface area contributed by atoms with Crippen molar-refractivity contribution >= 4 is 22.6 Å². The minimum absolute atomic E-state index is 0.0822. The maximum Gasteiger partial charge on any atom is 0.138 e. The molecule has 2 rings (SSSR count). The standard InChI is InChI=1S/C13H18INO/c1-4-15-11-8-13(2,3)16-12-9(11)6-5-7-10(12)14/h5-7,11,15H,4,8H2,1-3H3. The largest absolute Gasteiger partial charge is 0.486 e.